The summed E-state index contributed by atoms with van der Waals surface area (Å²) >= 11 is 7.24. The number of hydrogen-bond acceptors (Lipinski definition) is 10. The van der Waals surface area contributed by atoms with Crippen molar-refractivity contribution >= 4 is 52.3 Å². The number of imidazole rings is 1. The van der Waals surface area contributed by atoms with E-state index in [4.69, 9.17) is 19.5 Å². The van der Waals surface area contributed by atoms with Gasteiger partial charge in [-0.3, -0.25) is 4.57 Å². The quantitative estimate of drug-likeness (QED) is 0.291. The van der Waals surface area contributed by atoms with Crippen LogP contribution in [0.3, 0.4) is 0 Å². The number of hydrogen-bond donors (Lipinski definition) is 4. The molecule has 2 aliphatic heterocycles. The average molecular weight is 425 g/mol. The molecule has 13 heteroatoms. The number of thiol groups is 1. The minimum atomic E-state index is -3.24. The molecule has 2 saturated heterocycles. The second kappa shape index (κ2) is 5.46. The Morgan fingerprint density at radius 2 is 2.26 bits per heavy atom. The fourth-order valence-corrected chi connectivity index (χ4v) is 4.74. The van der Waals surface area contributed by atoms with E-state index < -0.39 is 31.7 Å². The van der Waals surface area contributed by atoms with Gasteiger partial charge in [0.05, 0.1) is 12.2 Å². The molecule has 4 rings (SSSR count). The van der Waals surface area contributed by atoms with E-state index in [1.165, 1.54) is 6.33 Å². The number of aromatic nitrogens is 4. The molecule has 10 nitrogen and oxygen atoms in total. The normalized spacial score (nSPS) is 37.2. The molecule has 0 bridgehead atoms. The number of aliphatic hydroxyl groups is 1. The van der Waals surface area contributed by atoms with Crippen molar-refractivity contribution in [2.24, 2.45) is 0 Å². The van der Waals surface area contributed by atoms with Crippen LogP contribution < -0.4 is 5.73 Å². The third-order valence-electron chi connectivity index (χ3n) is 3.69. The summed E-state index contributed by atoms with van der Waals surface area (Å²) in [6.45, 7) is 0.0629. The van der Waals surface area contributed by atoms with Gasteiger partial charge in [0.2, 0.25) is 0 Å². The number of aliphatic hydroxyl groups excluding tert-OH is 1. The van der Waals surface area contributed by atoms with Crippen molar-refractivity contribution in [1.29, 1.82) is 0 Å². The fourth-order valence-electron chi connectivity index (χ4n) is 2.68. The van der Waals surface area contributed by atoms with E-state index in [1.54, 1.807) is 4.57 Å². The van der Waals surface area contributed by atoms with Crippen molar-refractivity contribution in [2.45, 2.75) is 24.5 Å². The van der Waals surface area contributed by atoms with Gasteiger partial charge < -0.3 is 15.6 Å². The largest absolute Gasteiger partial charge is 0.476 e. The lowest BCUT2D eigenvalue weighted by Crippen LogP contribution is -2.39. The van der Waals surface area contributed by atoms with Crippen molar-refractivity contribution in [3.05, 3.63) is 11.1 Å². The van der Waals surface area contributed by atoms with Gasteiger partial charge in [0.25, 0.3) is 0 Å². The standard InChI is InChI=1S/C10H12BrN5O5PS/c11-10-15-4-7(12)13-2-14-8(4)16(10)9-5(17)6-3(20-9)1-19-22(18,23)21-6/h2-3,5-6,9,17-18,23H,1H2,(H2,12,13,14)/q+1/t3-,5+,6-,9+,22?/m0/s1. The maximum Gasteiger partial charge on any atom is 0.476 e. The third kappa shape index (κ3) is 2.53. The van der Waals surface area contributed by atoms with Gasteiger partial charge in [0, 0.05) is 0 Å². The molecule has 23 heavy (non-hydrogen) atoms. The highest BCUT2D eigenvalue weighted by Gasteiger charge is 2.58. The monoisotopic (exact) mass is 424 g/mol. The Morgan fingerprint density at radius 1 is 1.48 bits per heavy atom. The molecule has 0 amide bonds. The van der Waals surface area contributed by atoms with E-state index in [9.17, 15) is 10.00 Å². The zero-order valence-electron chi connectivity index (χ0n) is 11.4. The van der Waals surface area contributed by atoms with E-state index in [0.29, 0.717) is 15.9 Å². The van der Waals surface area contributed by atoms with E-state index >= 15 is 0 Å². The number of fused-ring (bicyclic) bond motifs is 2. The summed E-state index contributed by atoms with van der Waals surface area (Å²) in [6, 6.07) is 0. The topological polar surface area (TPSA) is 138 Å². The van der Waals surface area contributed by atoms with Crippen LogP contribution in [0.2, 0.25) is 0 Å². The van der Waals surface area contributed by atoms with Gasteiger partial charge >= 0.3 is 7.15 Å². The molecule has 2 aromatic heterocycles. The lowest BCUT2D eigenvalue weighted by atomic mass is 10.1. The number of anilines is 1. The Morgan fingerprint density at radius 3 is 3.04 bits per heavy atom. The maximum absolute atomic E-state index is 10.6. The van der Waals surface area contributed by atoms with Gasteiger partial charge in [0.15, 0.2) is 34.0 Å². The van der Waals surface area contributed by atoms with Gasteiger partial charge in [-0.1, -0.05) is 0 Å². The summed E-state index contributed by atoms with van der Waals surface area (Å²) in [4.78, 5) is 22.1. The lowest BCUT2D eigenvalue weighted by Gasteiger charge is -2.25. The van der Waals surface area contributed by atoms with Crippen LogP contribution >= 0.6 is 35.3 Å². The van der Waals surface area contributed by atoms with Crippen molar-refractivity contribution in [3.8, 4) is 0 Å². The minimum Gasteiger partial charge on any atom is -0.385 e. The van der Waals surface area contributed by atoms with E-state index in [0.717, 1.165) is 0 Å². The second-order valence-corrected chi connectivity index (χ2v) is 8.77. The molecule has 2 fully saturated rings. The Hall–Kier alpha value is -0.590. The highest BCUT2D eigenvalue weighted by atomic mass is 79.9. The van der Waals surface area contributed by atoms with Crippen LogP contribution in [0, 0.1) is 0 Å². The number of halogens is 1. The molecule has 2 aromatic rings. The molecule has 0 saturated carbocycles. The molecule has 0 radical (unpaired) electrons. The zero-order chi connectivity index (χ0) is 16.4. The second-order valence-electron chi connectivity index (χ2n) is 5.09. The van der Waals surface area contributed by atoms with Crippen LogP contribution in [0.1, 0.15) is 6.23 Å². The molecular formula is C10H12BrN5O5PS+. The Kier molecular flexibility index (Phi) is 3.78. The predicted octanol–water partition coefficient (Wildman–Crippen LogP) is 0.444. The first kappa shape index (κ1) is 15.9. The Labute approximate surface area is 143 Å². The van der Waals surface area contributed by atoms with E-state index in [1.807, 2.05) is 0 Å². The molecule has 4 N–H and O–H groups in total. The molecule has 2 aliphatic rings. The van der Waals surface area contributed by atoms with Crippen molar-refractivity contribution in [3.63, 3.8) is 0 Å². The highest BCUT2D eigenvalue weighted by molar-refractivity contribution is 9.10. The van der Waals surface area contributed by atoms with Crippen LogP contribution in [-0.2, 0) is 13.8 Å². The summed E-state index contributed by atoms with van der Waals surface area (Å²) < 4.78 is 18.2. The number of rotatable bonds is 1. The molecule has 0 aliphatic carbocycles. The van der Waals surface area contributed by atoms with Crippen molar-refractivity contribution < 1.29 is 23.8 Å². The third-order valence-corrected chi connectivity index (χ3v) is 5.88. The van der Waals surface area contributed by atoms with Crippen LogP contribution in [0.15, 0.2) is 11.1 Å². The number of nitrogen functional groups attached to an aromatic ring is 1. The lowest BCUT2D eigenvalue weighted by molar-refractivity contribution is -0.0606. The van der Waals surface area contributed by atoms with E-state index in [-0.39, 0.29) is 12.4 Å². The van der Waals surface area contributed by atoms with Gasteiger partial charge in [-0.2, -0.15) is 13.9 Å². The van der Waals surface area contributed by atoms with Crippen molar-refractivity contribution in [1.82, 2.24) is 19.5 Å². The molecule has 0 aromatic carbocycles. The molecule has 5 atom stereocenters. The number of ether oxygens (including phenoxy) is 1. The minimum absolute atomic E-state index is 0.0629. The Balaban J connectivity index is 1.75. The summed E-state index contributed by atoms with van der Waals surface area (Å²) in [6.07, 6.45) is -1.94. The van der Waals surface area contributed by atoms with Gasteiger partial charge in [0.1, 0.15) is 25.1 Å². The first-order valence-corrected chi connectivity index (χ1v) is 10.0. The van der Waals surface area contributed by atoms with Crippen LogP contribution in [-0.4, -0.2) is 54.4 Å². The first-order chi connectivity index (χ1) is 10.9. The number of nitrogens with zero attached hydrogens (tertiary/aromatic N) is 4. The summed E-state index contributed by atoms with van der Waals surface area (Å²) in [5, 5.41) is 10.6. The Bertz CT molecular complexity index is 777. The summed E-state index contributed by atoms with van der Waals surface area (Å²) in [7, 11) is -3.24. The molecule has 0 spiro atoms. The van der Waals surface area contributed by atoms with Crippen LogP contribution in [0.25, 0.3) is 11.2 Å². The summed E-state index contributed by atoms with van der Waals surface area (Å²) in [5.74, 6) is 0.217. The predicted molar refractivity (Wildman–Crippen MR) is 86.3 cm³/mol. The fraction of sp³-hybridized carbons (Fsp3) is 0.500. The maximum atomic E-state index is 10.6. The van der Waals surface area contributed by atoms with Crippen molar-refractivity contribution in [2.75, 3.05) is 12.3 Å². The smallest absolute Gasteiger partial charge is 0.385 e. The SMILES string of the molecule is Nc1ncnc2c1nc(Br)n2[C@@H]1O[C@H]2CO[P+](O)(S)O[C@@H]2[C@H]1O. The molecule has 124 valence electrons. The van der Waals surface area contributed by atoms with Gasteiger partial charge in [-0.05, 0) is 15.9 Å². The van der Waals surface area contributed by atoms with Gasteiger partial charge in [-0.25, -0.2) is 15.0 Å². The van der Waals surface area contributed by atoms with E-state index in [2.05, 4.69) is 43.1 Å². The van der Waals surface area contributed by atoms with Crippen LogP contribution in [0.5, 0.6) is 0 Å². The average Bonchev–Trinajstić information content (AvgIpc) is 2.97. The van der Waals surface area contributed by atoms with Gasteiger partial charge in [-0.15, -0.1) is 0 Å². The number of nitrogens with two attached hydrogens (primary N) is 1. The first-order valence-electron chi connectivity index (χ1n) is 6.52. The molecular weight excluding hydrogens is 413 g/mol. The highest BCUT2D eigenvalue weighted by Crippen LogP contribution is 2.66. The molecule has 4 heterocycles. The molecule has 1 unspecified atom stereocenters. The zero-order valence-corrected chi connectivity index (χ0v) is 14.7. The summed E-state index contributed by atoms with van der Waals surface area (Å²) in [5.41, 5.74) is 6.59. The van der Waals surface area contributed by atoms with Crippen LogP contribution in [0.4, 0.5) is 5.82 Å².